The van der Waals surface area contributed by atoms with Gasteiger partial charge in [0.1, 0.15) is 0 Å². The van der Waals surface area contributed by atoms with E-state index in [-0.39, 0.29) is 16.3 Å². The molecule has 146 valence electrons. The topological polar surface area (TPSA) is 76.4 Å². The Balaban J connectivity index is 1.82. The van der Waals surface area contributed by atoms with Crippen LogP contribution in [0.2, 0.25) is 5.02 Å². The quantitative estimate of drug-likeness (QED) is 0.630. The summed E-state index contributed by atoms with van der Waals surface area (Å²) in [5.74, 6) is -1.26. The Morgan fingerprint density at radius 1 is 1.00 bits per heavy atom. The van der Waals surface area contributed by atoms with Gasteiger partial charge in [0.05, 0.1) is 10.5 Å². The average molecular weight is 430 g/mol. The Labute approximate surface area is 162 Å². The predicted molar refractivity (Wildman–Crippen MR) is 95.0 cm³/mol. The van der Waals surface area contributed by atoms with Gasteiger partial charge in [0.25, 0.3) is 5.91 Å². The Kier molecular flexibility index (Phi) is 5.22. The maximum atomic E-state index is 12.7. The van der Waals surface area contributed by atoms with Crippen molar-refractivity contribution in [3.8, 4) is 0 Å². The van der Waals surface area contributed by atoms with E-state index in [1.807, 2.05) is 0 Å². The van der Waals surface area contributed by atoms with E-state index in [2.05, 4.69) is 5.32 Å². The van der Waals surface area contributed by atoms with Gasteiger partial charge in [-0.1, -0.05) is 17.7 Å². The number of hydrogen-bond donors (Lipinski definition) is 1. The number of nitrogens with one attached hydrogen (secondary N) is 1. The number of halogens is 4. The molecule has 1 aromatic heterocycles. The first kappa shape index (κ1) is 20.0. The van der Waals surface area contributed by atoms with Gasteiger partial charge in [-0.15, -0.1) is 0 Å². The second-order valence-corrected chi connectivity index (χ2v) is 7.93. The zero-order valence-corrected chi connectivity index (χ0v) is 15.4. The summed E-state index contributed by atoms with van der Waals surface area (Å²) < 4.78 is 68.3. The van der Waals surface area contributed by atoms with E-state index < -0.39 is 32.6 Å². The number of benzene rings is 2. The molecule has 0 aliphatic heterocycles. The summed E-state index contributed by atoms with van der Waals surface area (Å²) in [5, 5.41) is 2.10. The van der Waals surface area contributed by atoms with Crippen molar-refractivity contribution in [2.24, 2.45) is 0 Å². The molecule has 0 spiro atoms. The summed E-state index contributed by atoms with van der Waals surface area (Å²) in [5.41, 5.74) is -1.05. The summed E-state index contributed by atoms with van der Waals surface area (Å²) in [4.78, 5) is 12.1. The van der Waals surface area contributed by atoms with E-state index in [0.29, 0.717) is 5.02 Å². The van der Waals surface area contributed by atoms with E-state index in [1.54, 1.807) is 0 Å². The van der Waals surface area contributed by atoms with E-state index >= 15 is 0 Å². The SMILES string of the molecule is O=C(Nc1cccc(C(F)(F)F)c1)c1ccc(S(=O)(=O)c2ccc(Cl)cc2)o1. The van der Waals surface area contributed by atoms with Gasteiger partial charge in [0.15, 0.2) is 5.76 Å². The van der Waals surface area contributed by atoms with Crippen molar-refractivity contribution in [2.45, 2.75) is 16.2 Å². The monoisotopic (exact) mass is 429 g/mol. The van der Waals surface area contributed by atoms with Gasteiger partial charge in [0, 0.05) is 10.7 Å². The van der Waals surface area contributed by atoms with Crippen molar-refractivity contribution in [1.29, 1.82) is 0 Å². The molecule has 0 unspecified atom stereocenters. The average Bonchev–Trinajstić information content (AvgIpc) is 3.13. The summed E-state index contributed by atoms with van der Waals surface area (Å²) in [6.45, 7) is 0. The Hall–Kier alpha value is -2.78. The fraction of sp³-hybridized carbons (Fsp3) is 0.0556. The van der Waals surface area contributed by atoms with Crippen LogP contribution in [0.25, 0.3) is 0 Å². The van der Waals surface area contributed by atoms with Crippen molar-refractivity contribution in [3.63, 3.8) is 0 Å². The zero-order valence-electron chi connectivity index (χ0n) is 13.8. The van der Waals surface area contributed by atoms with Crippen LogP contribution < -0.4 is 5.32 Å². The Bertz CT molecular complexity index is 1120. The van der Waals surface area contributed by atoms with Crippen LogP contribution >= 0.6 is 11.6 Å². The lowest BCUT2D eigenvalue weighted by Gasteiger charge is -2.09. The number of alkyl halides is 3. The summed E-state index contributed by atoms with van der Waals surface area (Å²) in [6, 6.07) is 11.6. The van der Waals surface area contributed by atoms with Gasteiger partial charge >= 0.3 is 6.18 Å². The molecular weight excluding hydrogens is 419 g/mol. The van der Waals surface area contributed by atoms with Gasteiger partial charge < -0.3 is 9.73 Å². The Morgan fingerprint density at radius 2 is 1.68 bits per heavy atom. The molecule has 1 N–H and O–H groups in total. The summed E-state index contributed by atoms with van der Waals surface area (Å²) >= 11 is 5.73. The molecule has 0 bridgehead atoms. The molecule has 0 saturated heterocycles. The minimum Gasteiger partial charge on any atom is -0.439 e. The molecule has 1 heterocycles. The van der Waals surface area contributed by atoms with Crippen LogP contribution in [0, 0.1) is 0 Å². The molecule has 5 nitrogen and oxygen atoms in total. The van der Waals surface area contributed by atoms with E-state index in [4.69, 9.17) is 16.0 Å². The summed E-state index contributed by atoms with van der Waals surface area (Å²) in [6.07, 6.45) is -4.56. The van der Waals surface area contributed by atoms with Crippen LogP contribution in [0.15, 0.2) is 75.1 Å². The van der Waals surface area contributed by atoms with Crippen LogP contribution in [-0.2, 0) is 16.0 Å². The van der Waals surface area contributed by atoms with Crippen LogP contribution in [0.1, 0.15) is 16.1 Å². The van der Waals surface area contributed by atoms with Crippen LogP contribution in [-0.4, -0.2) is 14.3 Å². The first-order chi connectivity index (χ1) is 13.1. The lowest BCUT2D eigenvalue weighted by molar-refractivity contribution is -0.137. The summed E-state index contributed by atoms with van der Waals surface area (Å²) in [7, 11) is -4.02. The third-order valence-corrected chi connectivity index (χ3v) is 5.54. The third-order valence-electron chi connectivity index (χ3n) is 3.64. The minimum atomic E-state index is -4.56. The molecule has 0 fully saturated rings. The van der Waals surface area contributed by atoms with Crippen molar-refractivity contribution >= 4 is 33.0 Å². The molecule has 1 amide bonds. The predicted octanol–water partition coefficient (Wildman–Crippen LogP) is 5.04. The number of sulfone groups is 1. The molecule has 0 radical (unpaired) electrons. The maximum Gasteiger partial charge on any atom is 0.416 e. The highest BCUT2D eigenvalue weighted by molar-refractivity contribution is 7.91. The third kappa shape index (κ3) is 4.20. The van der Waals surface area contributed by atoms with Crippen LogP contribution in [0.4, 0.5) is 18.9 Å². The highest BCUT2D eigenvalue weighted by Gasteiger charge is 2.30. The van der Waals surface area contributed by atoms with Gasteiger partial charge in [-0.05, 0) is 54.6 Å². The van der Waals surface area contributed by atoms with Crippen molar-refractivity contribution < 1.29 is 30.8 Å². The second-order valence-electron chi connectivity index (χ2n) is 5.61. The van der Waals surface area contributed by atoms with Crippen molar-refractivity contribution in [2.75, 3.05) is 5.32 Å². The minimum absolute atomic E-state index is 0.0870. The van der Waals surface area contributed by atoms with Gasteiger partial charge in [-0.25, -0.2) is 8.42 Å². The first-order valence-corrected chi connectivity index (χ1v) is 9.52. The number of carbonyl (C=O) groups excluding carboxylic acids is 1. The smallest absolute Gasteiger partial charge is 0.416 e. The fourth-order valence-electron chi connectivity index (χ4n) is 2.28. The highest BCUT2D eigenvalue weighted by atomic mass is 35.5. The fourth-order valence-corrected chi connectivity index (χ4v) is 3.58. The standard InChI is InChI=1S/C18H11ClF3NO4S/c19-12-4-6-14(7-5-12)28(25,26)16-9-8-15(27-16)17(24)23-13-3-1-2-11(10-13)18(20,21)22/h1-10H,(H,23,24). The van der Waals surface area contributed by atoms with Gasteiger partial charge in [-0.3, -0.25) is 4.79 Å². The lowest BCUT2D eigenvalue weighted by atomic mass is 10.2. The normalized spacial score (nSPS) is 12.0. The molecule has 10 heteroatoms. The molecule has 28 heavy (non-hydrogen) atoms. The number of hydrogen-bond acceptors (Lipinski definition) is 4. The number of furan rings is 1. The molecule has 0 aliphatic carbocycles. The number of amides is 1. The molecule has 3 rings (SSSR count). The van der Waals surface area contributed by atoms with Gasteiger partial charge in [0.2, 0.25) is 14.9 Å². The molecule has 0 saturated carbocycles. The first-order valence-electron chi connectivity index (χ1n) is 7.66. The number of rotatable bonds is 4. The van der Waals surface area contributed by atoms with E-state index in [9.17, 15) is 26.4 Å². The molecule has 0 aliphatic rings. The van der Waals surface area contributed by atoms with E-state index in [1.165, 1.54) is 30.3 Å². The van der Waals surface area contributed by atoms with Crippen molar-refractivity contribution in [1.82, 2.24) is 0 Å². The van der Waals surface area contributed by atoms with Crippen LogP contribution in [0.5, 0.6) is 0 Å². The molecule has 2 aromatic carbocycles. The van der Waals surface area contributed by atoms with Gasteiger partial charge in [-0.2, -0.15) is 13.2 Å². The highest BCUT2D eigenvalue weighted by Crippen LogP contribution is 2.31. The molecule has 3 aromatic rings. The Morgan fingerprint density at radius 3 is 2.32 bits per heavy atom. The van der Waals surface area contributed by atoms with E-state index in [0.717, 1.165) is 30.3 Å². The lowest BCUT2D eigenvalue weighted by Crippen LogP contribution is -2.12. The zero-order chi connectivity index (χ0) is 20.5. The van der Waals surface area contributed by atoms with Crippen molar-refractivity contribution in [3.05, 3.63) is 77.0 Å². The van der Waals surface area contributed by atoms with Crippen LogP contribution in [0.3, 0.4) is 0 Å². The maximum absolute atomic E-state index is 12.7. The largest absolute Gasteiger partial charge is 0.439 e. The second kappa shape index (κ2) is 7.33. The number of anilines is 1. The number of carbonyl (C=O) groups is 1. The molecular formula is C18H11ClF3NO4S. The molecule has 0 atom stereocenters.